The highest BCUT2D eigenvalue weighted by molar-refractivity contribution is 5.75. The quantitative estimate of drug-likeness (QED) is 0.582. The van der Waals surface area contributed by atoms with E-state index < -0.39 is 5.97 Å². The van der Waals surface area contributed by atoms with E-state index in [0.29, 0.717) is 0 Å². The van der Waals surface area contributed by atoms with E-state index >= 15 is 0 Å². The highest BCUT2D eigenvalue weighted by Gasteiger charge is 2.63. The Morgan fingerprint density at radius 1 is 1.64 bits per heavy atom. The molecule has 3 unspecified atom stereocenters. The minimum absolute atomic E-state index is 0.0197. The summed E-state index contributed by atoms with van der Waals surface area (Å²) in [6.07, 6.45) is 3.99. The summed E-state index contributed by atoms with van der Waals surface area (Å²) in [6, 6.07) is 0.156. The van der Waals surface area contributed by atoms with E-state index in [-0.39, 0.29) is 17.4 Å². The predicted octanol–water partition coefficient (Wildman–Crippen LogP) is 0.588. The smallest absolute Gasteiger partial charge is 0.307 e. The molecule has 2 saturated carbocycles. The van der Waals surface area contributed by atoms with Gasteiger partial charge in [0.05, 0.1) is 5.92 Å². The second-order valence-electron chi connectivity index (χ2n) is 3.83. The molecule has 1 spiro atoms. The topological polar surface area (TPSA) is 63.3 Å². The lowest BCUT2D eigenvalue weighted by Crippen LogP contribution is -2.28. The molecule has 3 nitrogen and oxygen atoms in total. The van der Waals surface area contributed by atoms with Crippen molar-refractivity contribution in [2.24, 2.45) is 17.1 Å². The van der Waals surface area contributed by atoms with Gasteiger partial charge in [-0.2, -0.15) is 0 Å². The molecule has 0 amide bonds. The Kier molecular flexibility index (Phi) is 1.27. The maximum absolute atomic E-state index is 10.6. The fourth-order valence-electron chi connectivity index (χ4n) is 2.46. The van der Waals surface area contributed by atoms with Gasteiger partial charge in [0.1, 0.15) is 0 Å². The first-order valence-corrected chi connectivity index (χ1v) is 4.15. The van der Waals surface area contributed by atoms with Gasteiger partial charge in [-0.15, -0.1) is 0 Å². The molecule has 11 heavy (non-hydrogen) atoms. The van der Waals surface area contributed by atoms with Crippen LogP contribution in [0, 0.1) is 11.3 Å². The normalized spacial score (nSPS) is 48.1. The summed E-state index contributed by atoms with van der Waals surface area (Å²) in [4.78, 5) is 10.6. The van der Waals surface area contributed by atoms with Crippen LogP contribution >= 0.6 is 0 Å². The average Bonchev–Trinajstić information content (AvgIpc) is 2.54. The Hall–Kier alpha value is -0.570. The zero-order valence-corrected chi connectivity index (χ0v) is 6.42. The second kappa shape index (κ2) is 1.97. The van der Waals surface area contributed by atoms with E-state index in [4.69, 9.17) is 10.8 Å². The Labute approximate surface area is 65.6 Å². The second-order valence-corrected chi connectivity index (χ2v) is 3.83. The molecule has 2 fully saturated rings. The number of rotatable bonds is 1. The molecule has 2 rings (SSSR count). The van der Waals surface area contributed by atoms with Crippen LogP contribution in [0.1, 0.15) is 25.7 Å². The molecule has 0 radical (unpaired) electrons. The Morgan fingerprint density at radius 3 is 2.73 bits per heavy atom. The number of carboxylic acids is 1. The van der Waals surface area contributed by atoms with Crippen molar-refractivity contribution in [3.05, 3.63) is 0 Å². The van der Waals surface area contributed by atoms with Crippen LogP contribution in [0.4, 0.5) is 0 Å². The fraction of sp³-hybridized carbons (Fsp3) is 0.875. The third-order valence-electron chi connectivity index (χ3n) is 3.31. The Bertz CT molecular complexity index is 204. The van der Waals surface area contributed by atoms with Crippen molar-refractivity contribution in [3.63, 3.8) is 0 Å². The van der Waals surface area contributed by atoms with Gasteiger partial charge in [-0.25, -0.2) is 0 Å². The largest absolute Gasteiger partial charge is 0.481 e. The molecular weight excluding hydrogens is 142 g/mol. The highest BCUT2D eigenvalue weighted by Crippen LogP contribution is 2.62. The number of hydrogen-bond donors (Lipinski definition) is 2. The van der Waals surface area contributed by atoms with E-state index in [0.717, 1.165) is 25.7 Å². The van der Waals surface area contributed by atoms with Crippen molar-refractivity contribution in [2.45, 2.75) is 31.7 Å². The van der Waals surface area contributed by atoms with Crippen molar-refractivity contribution in [1.29, 1.82) is 0 Å². The van der Waals surface area contributed by atoms with Crippen LogP contribution in [-0.4, -0.2) is 17.1 Å². The Morgan fingerprint density at radius 2 is 2.36 bits per heavy atom. The van der Waals surface area contributed by atoms with E-state index in [1.54, 1.807) is 0 Å². The van der Waals surface area contributed by atoms with Crippen molar-refractivity contribution >= 4 is 5.97 Å². The van der Waals surface area contributed by atoms with Gasteiger partial charge in [0, 0.05) is 6.04 Å². The molecule has 3 atom stereocenters. The summed E-state index contributed by atoms with van der Waals surface area (Å²) in [6.45, 7) is 0. The van der Waals surface area contributed by atoms with Gasteiger partial charge in [0.25, 0.3) is 0 Å². The minimum Gasteiger partial charge on any atom is -0.481 e. The first-order valence-electron chi connectivity index (χ1n) is 4.15. The van der Waals surface area contributed by atoms with Crippen LogP contribution in [0.2, 0.25) is 0 Å². The molecule has 62 valence electrons. The summed E-state index contributed by atoms with van der Waals surface area (Å²) in [7, 11) is 0. The molecular formula is C8H13NO2. The standard InChI is InChI=1S/C8H13NO2/c9-6-2-1-3-8(6)4-5(8)7(10)11/h5-6H,1-4,9H2,(H,10,11). The third-order valence-corrected chi connectivity index (χ3v) is 3.31. The fourth-order valence-corrected chi connectivity index (χ4v) is 2.46. The average molecular weight is 155 g/mol. The molecule has 0 aromatic heterocycles. The van der Waals surface area contributed by atoms with Gasteiger partial charge < -0.3 is 10.8 Å². The highest BCUT2D eigenvalue weighted by atomic mass is 16.4. The van der Waals surface area contributed by atoms with Crippen LogP contribution in [0.25, 0.3) is 0 Å². The van der Waals surface area contributed by atoms with Crippen molar-refractivity contribution < 1.29 is 9.90 Å². The summed E-state index contributed by atoms with van der Waals surface area (Å²) in [5.74, 6) is -0.776. The van der Waals surface area contributed by atoms with Crippen LogP contribution in [0.15, 0.2) is 0 Å². The minimum atomic E-state index is -0.651. The summed E-state index contributed by atoms with van der Waals surface area (Å²) < 4.78 is 0. The number of carboxylic acid groups (broad SMARTS) is 1. The first-order chi connectivity index (χ1) is 5.17. The molecule has 0 aromatic carbocycles. The van der Waals surface area contributed by atoms with Crippen molar-refractivity contribution in [3.8, 4) is 0 Å². The zero-order chi connectivity index (χ0) is 8.06. The molecule has 2 aliphatic rings. The maximum Gasteiger partial charge on any atom is 0.307 e. The summed E-state index contributed by atoms with van der Waals surface area (Å²) >= 11 is 0. The lowest BCUT2D eigenvalue weighted by molar-refractivity contribution is -0.139. The Balaban J connectivity index is 2.10. The summed E-state index contributed by atoms with van der Waals surface area (Å²) in [5, 5.41) is 8.74. The van der Waals surface area contributed by atoms with E-state index in [1.807, 2.05) is 0 Å². The molecule has 0 saturated heterocycles. The number of aliphatic carboxylic acids is 1. The molecule has 0 bridgehead atoms. The molecule has 2 aliphatic carbocycles. The van der Waals surface area contributed by atoms with E-state index in [9.17, 15) is 4.79 Å². The SMILES string of the molecule is NC1CCCC12CC2C(=O)O. The molecule has 0 aromatic rings. The lowest BCUT2D eigenvalue weighted by Gasteiger charge is -2.12. The van der Waals surface area contributed by atoms with Crippen molar-refractivity contribution in [2.75, 3.05) is 0 Å². The maximum atomic E-state index is 10.6. The number of nitrogens with two attached hydrogens (primary N) is 1. The van der Waals surface area contributed by atoms with E-state index in [1.165, 1.54) is 0 Å². The van der Waals surface area contributed by atoms with Crippen molar-refractivity contribution in [1.82, 2.24) is 0 Å². The monoisotopic (exact) mass is 155 g/mol. The number of carbonyl (C=O) groups is 1. The van der Waals surface area contributed by atoms with Gasteiger partial charge in [-0.3, -0.25) is 4.79 Å². The summed E-state index contributed by atoms with van der Waals surface area (Å²) in [5.41, 5.74) is 5.86. The van der Waals surface area contributed by atoms with Gasteiger partial charge in [0.15, 0.2) is 0 Å². The third kappa shape index (κ3) is 0.805. The van der Waals surface area contributed by atoms with Crippen LogP contribution in [0.3, 0.4) is 0 Å². The van der Waals surface area contributed by atoms with Crippen LogP contribution in [0.5, 0.6) is 0 Å². The van der Waals surface area contributed by atoms with Gasteiger partial charge in [-0.1, -0.05) is 6.42 Å². The predicted molar refractivity (Wildman–Crippen MR) is 40.0 cm³/mol. The lowest BCUT2D eigenvalue weighted by atomic mass is 9.98. The van der Waals surface area contributed by atoms with Crippen LogP contribution < -0.4 is 5.73 Å². The molecule has 3 heteroatoms. The molecule has 0 heterocycles. The first kappa shape index (κ1) is 7.10. The van der Waals surface area contributed by atoms with Gasteiger partial charge >= 0.3 is 5.97 Å². The number of hydrogen-bond acceptors (Lipinski definition) is 2. The van der Waals surface area contributed by atoms with Gasteiger partial charge in [0.2, 0.25) is 0 Å². The molecule has 0 aliphatic heterocycles. The zero-order valence-electron chi connectivity index (χ0n) is 6.42. The van der Waals surface area contributed by atoms with Crippen LogP contribution in [-0.2, 0) is 4.79 Å². The molecule has 3 N–H and O–H groups in total. The van der Waals surface area contributed by atoms with E-state index in [2.05, 4.69) is 0 Å². The van der Waals surface area contributed by atoms with Gasteiger partial charge in [-0.05, 0) is 24.7 Å².